The maximum atomic E-state index is 17.8. The van der Waals surface area contributed by atoms with E-state index in [1.165, 1.54) is 6.07 Å². The Morgan fingerprint density at radius 3 is 2.52 bits per heavy atom. The van der Waals surface area contributed by atoms with Crippen molar-refractivity contribution >= 4 is 66.9 Å². The molecule has 13 nitrogen and oxygen atoms in total. The van der Waals surface area contributed by atoms with Gasteiger partial charge in [-0.2, -0.15) is 15.2 Å². The molecular formula is C43H49ClF3N7O6S. The normalized spacial score (nSPS) is 24.1. The molecule has 4 aromatic rings. The summed E-state index contributed by atoms with van der Waals surface area (Å²) in [5.41, 5.74) is -2.64. The molecule has 3 fully saturated rings. The molecule has 2 amide bonds. The number of hydrogen-bond acceptors (Lipinski definition) is 12. The van der Waals surface area contributed by atoms with Crippen LogP contribution in [0, 0.1) is 23.0 Å². The number of rotatable bonds is 6. The van der Waals surface area contributed by atoms with Crippen molar-refractivity contribution in [3.05, 3.63) is 34.4 Å². The first kappa shape index (κ1) is 42.9. The summed E-state index contributed by atoms with van der Waals surface area (Å²) in [5.74, 6) is -1.29. The standard InChI is InChI=1S/C43H49ClF3N7O6S/c1-21-18-54(27-12-15-53(22(27)2)40(56)60-42(6,7)8)36-30-33(49-38(50-36)57-20-43-13-9-14-52(43)19-23(45)16-43)32(47)29(31(44)34(30)58-21)24-10-11-26(46)35-28(24)25(17-48)37(61-35)51-39(55)59-41(3,4)5/h10-11,21-23,27H,9,12-16,18-20H2,1-8H3,(H,51,55)/t21-,22+,23+,27+,43-/m0/s1. The van der Waals surface area contributed by atoms with Crippen LogP contribution in [-0.4, -0.2) is 106 Å². The van der Waals surface area contributed by atoms with E-state index in [1.807, 2.05) is 18.7 Å². The second-order valence-corrected chi connectivity index (χ2v) is 19.8. The number of benzene rings is 2. The number of hydrogen-bond donors (Lipinski definition) is 1. The number of likely N-dealkylation sites (tertiary alicyclic amines) is 1. The molecule has 2 aromatic carbocycles. The van der Waals surface area contributed by atoms with Crippen LogP contribution in [0.4, 0.5) is 33.6 Å². The number of anilines is 2. The molecule has 0 radical (unpaired) electrons. The van der Waals surface area contributed by atoms with Gasteiger partial charge in [0, 0.05) is 30.5 Å². The van der Waals surface area contributed by atoms with Crippen LogP contribution in [0.15, 0.2) is 12.1 Å². The minimum atomic E-state index is -1.01. The number of carbonyl (C=O) groups excluding carboxylic acids is 2. The molecule has 0 unspecified atom stereocenters. The van der Waals surface area contributed by atoms with Gasteiger partial charge in [-0.3, -0.25) is 10.2 Å². The molecular weight excluding hydrogens is 835 g/mol. The van der Waals surface area contributed by atoms with E-state index in [9.17, 15) is 19.2 Å². The number of nitrogens with zero attached hydrogens (tertiary/aromatic N) is 6. The number of aromatic nitrogens is 2. The molecule has 6 heterocycles. The van der Waals surface area contributed by atoms with Crippen LogP contribution in [-0.2, 0) is 9.47 Å². The van der Waals surface area contributed by atoms with Gasteiger partial charge in [0.15, 0.2) is 11.6 Å². The van der Waals surface area contributed by atoms with Crippen molar-refractivity contribution in [3.8, 4) is 29.0 Å². The van der Waals surface area contributed by atoms with Crippen molar-refractivity contribution in [2.24, 2.45) is 0 Å². The van der Waals surface area contributed by atoms with E-state index >= 15 is 8.78 Å². The number of fused-ring (bicyclic) bond motifs is 2. The van der Waals surface area contributed by atoms with E-state index in [0.29, 0.717) is 19.5 Å². The van der Waals surface area contributed by atoms with Crippen molar-refractivity contribution in [1.82, 2.24) is 19.8 Å². The molecule has 5 atom stereocenters. The van der Waals surface area contributed by atoms with E-state index in [1.54, 1.807) is 46.4 Å². The number of thiophene rings is 1. The fourth-order valence-corrected chi connectivity index (χ4v) is 10.7. The molecule has 4 aliphatic heterocycles. The zero-order valence-electron chi connectivity index (χ0n) is 35.4. The highest BCUT2D eigenvalue weighted by Gasteiger charge is 2.50. The molecule has 0 aliphatic carbocycles. The average Bonchev–Trinajstić information content (AvgIpc) is 3.89. The molecule has 2 aromatic heterocycles. The third-order valence-electron chi connectivity index (χ3n) is 11.7. The van der Waals surface area contributed by atoms with Gasteiger partial charge < -0.3 is 28.7 Å². The lowest BCUT2D eigenvalue weighted by Crippen LogP contribution is -2.49. The Kier molecular flexibility index (Phi) is 10.9. The first-order chi connectivity index (χ1) is 28.7. The van der Waals surface area contributed by atoms with Crippen molar-refractivity contribution in [2.45, 2.75) is 122 Å². The second kappa shape index (κ2) is 15.5. The molecule has 18 heteroatoms. The van der Waals surface area contributed by atoms with Crippen LogP contribution in [0.1, 0.15) is 86.6 Å². The third-order valence-corrected chi connectivity index (χ3v) is 13.2. The molecule has 0 bridgehead atoms. The Labute approximate surface area is 361 Å². The molecule has 4 aliphatic rings. The minimum Gasteiger partial charge on any atom is -0.486 e. The Morgan fingerprint density at radius 1 is 1.08 bits per heavy atom. The fourth-order valence-electron chi connectivity index (χ4n) is 9.29. The number of alkyl halides is 1. The van der Waals surface area contributed by atoms with Gasteiger partial charge in [-0.1, -0.05) is 17.7 Å². The summed E-state index contributed by atoms with van der Waals surface area (Å²) >= 11 is 8.05. The third kappa shape index (κ3) is 7.84. The maximum Gasteiger partial charge on any atom is 0.412 e. The zero-order valence-corrected chi connectivity index (χ0v) is 37.0. The summed E-state index contributed by atoms with van der Waals surface area (Å²) in [6, 6.07) is 3.66. The maximum absolute atomic E-state index is 17.8. The Balaban J connectivity index is 1.30. The minimum absolute atomic E-state index is 0.00300. The number of halogens is 4. The summed E-state index contributed by atoms with van der Waals surface area (Å²) in [6.45, 7) is 15.9. The van der Waals surface area contributed by atoms with E-state index in [2.05, 4.69) is 21.3 Å². The number of carbonyl (C=O) groups is 2. The van der Waals surface area contributed by atoms with Gasteiger partial charge in [0.25, 0.3) is 0 Å². The van der Waals surface area contributed by atoms with Crippen LogP contribution >= 0.6 is 22.9 Å². The predicted octanol–water partition coefficient (Wildman–Crippen LogP) is 9.60. The second-order valence-electron chi connectivity index (χ2n) is 18.4. The summed E-state index contributed by atoms with van der Waals surface area (Å²) in [4.78, 5) is 41.6. The van der Waals surface area contributed by atoms with E-state index in [4.69, 9.17) is 35.5 Å². The van der Waals surface area contributed by atoms with Crippen molar-refractivity contribution in [1.29, 1.82) is 5.26 Å². The highest BCUT2D eigenvalue weighted by atomic mass is 35.5. The van der Waals surface area contributed by atoms with E-state index in [-0.39, 0.29) is 96.9 Å². The van der Waals surface area contributed by atoms with Crippen LogP contribution < -0.4 is 19.7 Å². The molecule has 8 rings (SSSR count). The largest absolute Gasteiger partial charge is 0.486 e. The summed E-state index contributed by atoms with van der Waals surface area (Å²) in [7, 11) is 0. The Bertz CT molecular complexity index is 2490. The van der Waals surface area contributed by atoms with E-state index < -0.39 is 52.8 Å². The number of ether oxygens (including phenoxy) is 4. The topological polar surface area (TPSA) is 142 Å². The number of nitriles is 1. The zero-order chi connectivity index (χ0) is 43.9. The van der Waals surface area contributed by atoms with E-state index in [0.717, 1.165) is 36.8 Å². The monoisotopic (exact) mass is 883 g/mol. The summed E-state index contributed by atoms with van der Waals surface area (Å²) in [5, 5.41) is 13.0. The van der Waals surface area contributed by atoms with Gasteiger partial charge >= 0.3 is 18.2 Å². The quantitative estimate of drug-likeness (QED) is 0.198. The highest BCUT2D eigenvalue weighted by Crippen LogP contribution is 2.52. The number of nitrogens with one attached hydrogen (secondary N) is 1. The van der Waals surface area contributed by atoms with Gasteiger partial charge in [0.1, 0.15) is 58.3 Å². The lowest BCUT2D eigenvalue weighted by molar-refractivity contribution is 0.0232. The SMILES string of the molecule is C[C@@H]1[C@H](N2C[C@H](C)Oc3c(Cl)c(-c4ccc(F)c5sc(NC(=O)OC(C)(C)C)c(C#N)c45)c(F)c4nc(OC[C@@]56CCCN5C[C@H](F)C6)nc2c34)CCN1C(=O)OC(C)(C)C. The molecule has 61 heavy (non-hydrogen) atoms. The number of amides is 2. The lowest BCUT2D eigenvalue weighted by atomic mass is 9.95. The van der Waals surface area contributed by atoms with Crippen LogP contribution in [0.5, 0.6) is 11.8 Å². The van der Waals surface area contributed by atoms with Crippen LogP contribution in [0.25, 0.3) is 32.1 Å². The Hall–Kier alpha value is -4.79. The highest BCUT2D eigenvalue weighted by molar-refractivity contribution is 7.23. The first-order valence-electron chi connectivity index (χ1n) is 20.5. The predicted molar refractivity (Wildman–Crippen MR) is 227 cm³/mol. The van der Waals surface area contributed by atoms with Crippen LogP contribution in [0.3, 0.4) is 0 Å². The van der Waals surface area contributed by atoms with Crippen molar-refractivity contribution in [2.75, 3.05) is 43.0 Å². The van der Waals surface area contributed by atoms with Crippen molar-refractivity contribution in [3.63, 3.8) is 0 Å². The van der Waals surface area contributed by atoms with Crippen molar-refractivity contribution < 1.29 is 41.7 Å². The summed E-state index contributed by atoms with van der Waals surface area (Å²) < 4.78 is 72.4. The molecule has 3 saturated heterocycles. The molecule has 0 spiro atoms. The van der Waals surface area contributed by atoms with Crippen LogP contribution in [0.2, 0.25) is 5.02 Å². The van der Waals surface area contributed by atoms with Gasteiger partial charge in [-0.05, 0) is 92.8 Å². The first-order valence-corrected chi connectivity index (χ1v) is 21.7. The smallest absolute Gasteiger partial charge is 0.412 e. The van der Waals surface area contributed by atoms with Gasteiger partial charge in [-0.25, -0.2) is 22.8 Å². The van der Waals surface area contributed by atoms with Gasteiger partial charge in [0.2, 0.25) is 0 Å². The molecule has 0 saturated carbocycles. The summed E-state index contributed by atoms with van der Waals surface area (Å²) in [6.07, 6.45) is -0.484. The van der Waals surface area contributed by atoms with Gasteiger partial charge in [0.05, 0.1) is 44.8 Å². The fraction of sp³-hybridized carbons (Fsp3) is 0.558. The lowest BCUT2D eigenvalue weighted by Gasteiger charge is -2.35. The Morgan fingerprint density at radius 2 is 1.82 bits per heavy atom. The van der Waals surface area contributed by atoms with Gasteiger partial charge in [-0.15, -0.1) is 11.3 Å². The average molecular weight is 884 g/mol. The molecule has 1 N–H and O–H groups in total. The molecule has 326 valence electrons.